The third-order valence-electron chi connectivity index (χ3n) is 3.92. The molecule has 1 saturated carbocycles. The van der Waals surface area contributed by atoms with Crippen molar-refractivity contribution in [1.82, 2.24) is 5.32 Å². The normalized spacial score (nSPS) is 16.2. The number of carbonyl (C=O) groups is 2. The number of aliphatic carboxylic acids is 1. The van der Waals surface area contributed by atoms with Crippen molar-refractivity contribution in [1.29, 1.82) is 0 Å². The molecular weight excluding hydrogens is 270 g/mol. The largest absolute Gasteiger partial charge is 0.496 e. The lowest BCUT2D eigenvalue weighted by Gasteiger charge is -2.37. The van der Waals surface area contributed by atoms with Crippen molar-refractivity contribution in [2.75, 3.05) is 13.7 Å². The van der Waals surface area contributed by atoms with E-state index in [1.54, 1.807) is 13.2 Å². The van der Waals surface area contributed by atoms with Crippen molar-refractivity contribution >= 4 is 18.0 Å². The second-order valence-electron chi connectivity index (χ2n) is 5.23. The van der Waals surface area contributed by atoms with Gasteiger partial charge in [0.25, 0.3) is 0 Å². The molecule has 0 aliphatic heterocycles. The summed E-state index contributed by atoms with van der Waals surface area (Å²) in [5, 5.41) is 11.9. The molecule has 1 aromatic carbocycles. The van der Waals surface area contributed by atoms with E-state index in [4.69, 9.17) is 4.74 Å². The van der Waals surface area contributed by atoms with Crippen molar-refractivity contribution in [3.05, 3.63) is 35.9 Å². The maximum atomic E-state index is 11.8. The lowest BCUT2D eigenvalue weighted by molar-refractivity contribution is -0.154. The molecule has 5 heteroatoms. The van der Waals surface area contributed by atoms with Crippen molar-refractivity contribution in [3.8, 4) is 5.75 Å². The van der Waals surface area contributed by atoms with Crippen LogP contribution in [0.15, 0.2) is 30.3 Å². The summed E-state index contributed by atoms with van der Waals surface area (Å²) in [6.45, 7) is 0.178. The fourth-order valence-corrected chi connectivity index (χ4v) is 2.35. The zero-order chi connectivity index (χ0) is 15.3. The van der Waals surface area contributed by atoms with Crippen molar-refractivity contribution in [3.63, 3.8) is 0 Å². The first-order chi connectivity index (χ1) is 10.1. The predicted octanol–water partition coefficient (Wildman–Crippen LogP) is 2.08. The first-order valence-electron chi connectivity index (χ1n) is 6.90. The van der Waals surface area contributed by atoms with Gasteiger partial charge in [0.05, 0.1) is 12.5 Å². The molecule has 2 rings (SSSR count). The summed E-state index contributed by atoms with van der Waals surface area (Å²) < 4.78 is 5.19. The standard InChI is InChI=1S/C16H19NO4/c1-21-13-6-3-2-5-12(13)7-8-14(18)17-11-16(15(19)20)9-4-10-16/h2-3,5-8H,4,9-11H2,1H3,(H,17,18)(H,19,20)/b8-7+. The molecule has 0 spiro atoms. The van der Waals surface area contributed by atoms with Gasteiger partial charge in [-0.15, -0.1) is 0 Å². The molecule has 21 heavy (non-hydrogen) atoms. The van der Waals surface area contributed by atoms with E-state index in [0.717, 1.165) is 12.0 Å². The highest BCUT2D eigenvalue weighted by Gasteiger charge is 2.44. The summed E-state index contributed by atoms with van der Waals surface area (Å²) in [5.74, 6) is -0.446. The van der Waals surface area contributed by atoms with Gasteiger partial charge in [0.2, 0.25) is 5.91 Å². The highest BCUT2D eigenvalue weighted by molar-refractivity contribution is 5.92. The number of carboxylic acids is 1. The Morgan fingerprint density at radius 1 is 1.38 bits per heavy atom. The smallest absolute Gasteiger partial charge is 0.311 e. The highest BCUT2D eigenvalue weighted by Crippen LogP contribution is 2.40. The Morgan fingerprint density at radius 2 is 2.10 bits per heavy atom. The molecule has 0 saturated heterocycles. The number of ether oxygens (including phenoxy) is 1. The van der Waals surface area contributed by atoms with E-state index in [-0.39, 0.29) is 12.5 Å². The Morgan fingerprint density at radius 3 is 2.67 bits per heavy atom. The fraction of sp³-hybridized carbons (Fsp3) is 0.375. The third-order valence-corrected chi connectivity index (χ3v) is 3.92. The number of rotatable bonds is 6. The van der Waals surface area contributed by atoms with Gasteiger partial charge >= 0.3 is 5.97 Å². The van der Waals surface area contributed by atoms with E-state index in [1.165, 1.54) is 6.08 Å². The van der Waals surface area contributed by atoms with E-state index >= 15 is 0 Å². The van der Waals surface area contributed by atoms with Gasteiger partial charge in [-0.2, -0.15) is 0 Å². The minimum absolute atomic E-state index is 0.178. The number of hydrogen-bond donors (Lipinski definition) is 2. The number of hydrogen-bond acceptors (Lipinski definition) is 3. The maximum absolute atomic E-state index is 11.8. The quantitative estimate of drug-likeness (QED) is 0.786. The number of benzene rings is 1. The average molecular weight is 289 g/mol. The number of methoxy groups -OCH3 is 1. The molecule has 0 heterocycles. The Balaban J connectivity index is 1.92. The molecule has 0 unspecified atom stereocenters. The van der Waals surface area contributed by atoms with E-state index in [9.17, 15) is 14.7 Å². The molecule has 1 aliphatic carbocycles. The third kappa shape index (κ3) is 3.42. The van der Waals surface area contributed by atoms with Gasteiger partial charge in [0.1, 0.15) is 5.75 Å². The van der Waals surface area contributed by atoms with E-state index < -0.39 is 11.4 Å². The van der Waals surface area contributed by atoms with Crippen LogP contribution in [0, 0.1) is 5.41 Å². The summed E-state index contributed by atoms with van der Waals surface area (Å²) in [6.07, 6.45) is 5.20. The topological polar surface area (TPSA) is 75.6 Å². The van der Waals surface area contributed by atoms with E-state index in [0.29, 0.717) is 18.6 Å². The molecule has 112 valence electrons. The minimum Gasteiger partial charge on any atom is -0.496 e. The molecule has 1 amide bonds. The van der Waals surface area contributed by atoms with Gasteiger partial charge in [-0.05, 0) is 25.0 Å². The van der Waals surface area contributed by atoms with Crippen LogP contribution in [-0.2, 0) is 9.59 Å². The minimum atomic E-state index is -0.831. The van der Waals surface area contributed by atoms with Gasteiger partial charge in [-0.1, -0.05) is 24.6 Å². The summed E-state index contributed by atoms with van der Waals surface area (Å²) in [6, 6.07) is 7.36. The van der Waals surface area contributed by atoms with E-state index in [1.807, 2.05) is 24.3 Å². The Labute approximate surface area is 123 Å². The van der Waals surface area contributed by atoms with Crippen molar-refractivity contribution in [2.24, 2.45) is 5.41 Å². The van der Waals surface area contributed by atoms with Crippen LogP contribution in [0.1, 0.15) is 24.8 Å². The fourth-order valence-electron chi connectivity index (χ4n) is 2.35. The molecule has 1 fully saturated rings. The maximum Gasteiger partial charge on any atom is 0.311 e. The molecule has 0 atom stereocenters. The first kappa shape index (κ1) is 15.1. The Hall–Kier alpha value is -2.30. The van der Waals surface area contributed by atoms with Gasteiger partial charge in [0.15, 0.2) is 0 Å². The number of amides is 1. The number of para-hydroxylation sites is 1. The number of carboxylic acid groups (broad SMARTS) is 1. The zero-order valence-corrected chi connectivity index (χ0v) is 12.0. The summed E-state index contributed by atoms with van der Waals surface area (Å²) in [4.78, 5) is 23.0. The molecule has 0 radical (unpaired) electrons. The molecule has 5 nitrogen and oxygen atoms in total. The van der Waals surface area contributed by atoms with Gasteiger partial charge in [0, 0.05) is 18.2 Å². The molecule has 0 aromatic heterocycles. The van der Waals surface area contributed by atoms with Crippen LogP contribution >= 0.6 is 0 Å². The second kappa shape index (κ2) is 6.43. The van der Waals surface area contributed by atoms with Crippen LogP contribution in [0.25, 0.3) is 6.08 Å². The van der Waals surface area contributed by atoms with Crippen LogP contribution in [-0.4, -0.2) is 30.6 Å². The second-order valence-corrected chi connectivity index (χ2v) is 5.23. The van der Waals surface area contributed by atoms with Crippen LogP contribution in [0.2, 0.25) is 0 Å². The summed E-state index contributed by atoms with van der Waals surface area (Å²) in [5.41, 5.74) is 0.0280. The monoisotopic (exact) mass is 289 g/mol. The van der Waals surface area contributed by atoms with Crippen LogP contribution in [0.3, 0.4) is 0 Å². The molecule has 1 aromatic rings. The molecule has 1 aliphatic rings. The lowest BCUT2D eigenvalue weighted by Crippen LogP contribution is -2.47. The molecular formula is C16H19NO4. The van der Waals surface area contributed by atoms with Crippen molar-refractivity contribution in [2.45, 2.75) is 19.3 Å². The summed E-state index contributed by atoms with van der Waals surface area (Å²) in [7, 11) is 1.57. The SMILES string of the molecule is COc1ccccc1/C=C/C(=O)NCC1(C(=O)O)CCC1. The van der Waals surface area contributed by atoms with Gasteiger partial charge < -0.3 is 15.2 Å². The molecule has 2 N–H and O–H groups in total. The Bertz CT molecular complexity index is 561. The number of carbonyl (C=O) groups excluding carboxylic acids is 1. The lowest BCUT2D eigenvalue weighted by atomic mass is 9.69. The summed E-state index contributed by atoms with van der Waals surface area (Å²) >= 11 is 0. The van der Waals surface area contributed by atoms with Gasteiger partial charge in [-0.3, -0.25) is 9.59 Å². The first-order valence-corrected chi connectivity index (χ1v) is 6.90. The predicted molar refractivity (Wildman–Crippen MR) is 79.0 cm³/mol. The highest BCUT2D eigenvalue weighted by atomic mass is 16.5. The molecule has 0 bridgehead atoms. The van der Waals surface area contributed by atoms with Crippen LogP contribution in [0.4, 0.5) is 0 Å². The van der Waals surface area contributed by atoms with Crippen molar-refractivity contribution < 1.29 is 19.4 Å². The number of nitrogens with one attached hydrogen (secondary N) is 1. The van der Waals surface area contributed by atoms with Crippen LogP contribution in [0.5, 0.6) is 5.75 Å². The Kier molecular flexibility index (Phi) is 4.62. The van der Waals surface area contributed by atoms with Gasteiger partial charge in [-0.25, -0.2) is 0 Å². The van der Waals surface area contributed by atoms with E-state index in [2.05, 4.69) is 5.32 Å². The van der Waals surface area contributed by atoms with Crippen LogP contribution < -0.4 is 10.1 Å². The zero-order valence-electron chi connectivity index (χ0n) is 12.0. The average Bonchev–Trinajstić information content (AvgIpc) is 2.43.